The van der Waals surface area contributed by atoms with Crippen molar-refractivity contribution in [1.82, 2.24) is 0 Å². The first-order valence-electron chi connectivity index (χ1n) is 6.85. The second kappa shape index (κ2) is 7.22. The summed E-state index contributed by atoms with van der Waals surface area (Å²) < 4.78 is 11.4. The molecule has 1 aliphatic carbocycles. The van der Waals surface area contributed by atoms with Gasteiger partial charge in [0.15, 0.2) is 0 Å². The zero-order chi connectivity index (χ0) is 12.6. The van der Waals surface area contributed by atoms with Crippen LogP contribution in [0.3, 0.4) is 0 Å². The van der Waals surface area contributed by atoms with Gasteiger partial charge in [0.05, 0.1) is 19.3 Å². The van der Waals surface area contributed by atoms with Gasteiger partial charge in [0.2, 0.25) is 0 Å². The van der Waals surface area contributed by atoms with E-state index in [-0.39, 0.29) is 0 Å². The quantitative estimate of drug-likeness (QED) is 0.675. The smallest absolute Gasteiger partial charge is 0.119 e. The van der Waals surface area contributed by atoms with Gasteiger partial charge >= 0.3 is 0 Å². The Hall–Kier alpha value is -1.28. The van der Waals surface area contributed by atoms with Crippen LogP contribution in [0.4, 0.5) is 0 Å². The van der Waals surface area contributed by atoms with E-state index in [9.17, 15) is 0 Å². The average molecular weight is 246 g/mol. The minimum absolute atomic E-state index is 0.511. The summed E-state index contributed by atoms with van der Waals surface area (Å²) in [5.74, 6) is 0.918. The topological polar surface area (TPSA) is 18.5 Å². The van der Waals surface area contributed by atoms with E-state index in [0.29, 0.717) is 6.10 Å². The number of rotatable bonds is 7. The van der Waals surface area contributed by atoms with E-state index in [2.05, 4.69) is 6.58 Å². The molecule has 1 aromatic rings. The fraction of sp³-hybridized carbons (Fsp3) is 0.500. The predicted octanol–water partition coefficient (Wildman–Crippen LogP) is 4.06. The summed E-state index contributed by atoms with van der Waals surface area (Å²) in [7, 11) is 0. The third-order valence-corrected chi connectivity index (χ3v) is 3.33. The molecule has 98 valence electrons. The Kier molecular flexibility index (Phi) is 5.28. The standard InChI is InChI=1S/C16H22O2/c1-2-14-8-10-16(11-9-14)18-13-5-12-17-15-6-3-4-7-15/h2,8-11,15H,1,3-7,12-13H2. The van der Waals surface area contributed by atoms with E-state index in [4.69, 9.17) is 9.47 Å². The molecule has 0 radical (unpaired) electrons. The number of hydrogen-bond donors (Lipinski definition) is 0. The van der Waals surface area contributed by atoms with E-state index in [1.165, 1.54) is 25.7 Å². The van der Waals surface area contributed by atoms with Gasteiger partial charge in [-0.05, 0) is 30.5 Å². The molecule has 1 aliphatic rings. The lowest BCUT2D eigenvalue weighted by atomic mass is 10.2. The van der Waals surface area contributed by atoms with Crippen molar-refractivity contribution in [2.24, 2.45) is 0 Å². The van der Waals surface area contributed by atoms with E-state index in [0.717, 1.165) is 30.9 Å². The summed E-state index contributed by atoms with van der Waals surface area (Å²) in [6.45, 7) is 5.26. The van der Waals surface area contributed by atoms with E-state index < -0.39 is 0 Å². The molecule has 0 bridgehead atoms. The van der Waals surface area contributed by atoms with Crippen LogP contribution < -0.4 is 4.74 Å². The molecule has 18 heavy (non-hydrogen) atoms. The molecule has 0 spiro atoms. The molecule has 2 heteroatoms. The van der Waals surface area contributed by atoms with Crippen LogP contribution >= 0.6 is 0 Å². The van der Waals surface area contributed by atoms with Crippen molar-refractivity contribution in [3.63, 3.8) is 0 Å². The Morgan fingerprint density at radius 2 is 1.83 bits per heavy atom. The van der Waals surface area contributed by atoms with Crippen LogP contribution in [0.1, 0.15) is 37.7 Å². The largest absolute Gasteiger partial charge is 0.494 e. The van der Waals surface area contributed by atoms with Crippen LogP contribution in [-0.4, -0.2) is 19.3 Å². The van der Waals surface area contributed by atoms with Crippen LogP contribution in [0.2, 0.25) is 0 Å². The van der Waals surface area contributed by atoms with Gasteiger partial charge < -0.3 is 9.47 Å². The molecule has 2 nitrogen and oxygen atoms in total. The van der Waals surface area contributed by atoms with Gasteiger partial charge in [0.25, 0.3) is 0 Å². The van der Waals surface area contributed by atoms with Crippen molar-refractivity contribution in [2.75, 3.05) is 13.2 Å². The summed E-state index contributed by atoms with van der Waals surface area (Å²) >= 11 is 0. The van der Waals surface area contributed by atoms with Crippen LogP contribution in [0, 0.1) is 0 Å². The number of benzene rings is 1. The van der Waals surface area contributed by atoms with Gasteiger partial charge in [0, 0.05) is 6.42 Å². The van der Waals surface area contributed by atoms with E-state index in [1.54, 1.807) is 0 Å². The lowest BCUT2D eigenvalue weighted by Gasteiger charge is -2.11. The molecule has 0 aliphatic heterocycles. The monoisotopic (exact) mass is 246 g/mol. The fourth-order valence-corrected chi connectivity index (χ4v) is 2.25. The molecule has 0 N–H and O–H groups in total. The number of hydrogen-bond acceptors (Lipinski definition) is 2. The molecule has 0 aromatic heterocycles. The van der Waals surface area contributed by atoms with Gasteiger partial charge in [-0.2, -0.15) is 0 Å². The second-order valence-electron chi connectivity index (χ2n) is 4.75. The Balaban J connectivity index is 1.58. The van der Waals surface area contributed by atoms with Crippen molar-refractivity contribution in [3.05, 3.63) is 36.4 Å². The van der Waals surface area contributed by atoms with Gasteiger partial charge in [-0.25, -0.2) is 0 Å². The number of ether oxygens (including phenoxy) is 2. The van der Waals surface area contributed by atoms with Crippen molar-refractivity contribution in [1.29, 1.82) is 0 Å². The van der Waals surface area contributed by atoms with E-state index >= 15 is 0 Å². The van der Waals surface area contributed by atoms with Gasteiger partial charge in [0.1, 0.15) is 5.75 Å². The molecule has 1 saturated carbocycles. The maximum absolute atomic E-state index is 5.78. The normalized spacial score (nSPS) is 15.8. The third-order valence-electron chi connectivity index (χ3n) is 3.33. The second-order valence-corrected chi connectivity index (χ2v) is 4.75. The molecule has 1 aromatic carbocycles. The summed E-state index contributed by atoms with van der Waals surface area (Å²) in [4.78, 5) is 0. The van der Waals surface area contributed by atoms with Crippen LogP contribution in [-0.2, 0) is 4.74 Å². The molecule has 1 fully saturated rings. The minimum Gasteiger partial charge on any atom is -0.494 e. The van der Waals surface area contributed by atoms with Gasteiger partial charge in [-0.3, -0.25) is 0 Å². The van der Waals surface area contributed by atoms with Crippen LogP contribution in [0.25, 0.3) is 6.08 Å². The highest BCUT2D eigenvalue weighted by atomic mass is 16.5. The zero-order valence-corrected chi connectivity index (χ0v) is 10.9. The lowest BCUT2D eigenvalue weighted by molar-refractivity contribution is 0.0505. The minimum atomic E-state index is 0.511. The first kappa shape index (κ1) is 13.2. The molecular weight excluding hydrogens is 224 g/mol. The molecule has 0 heterocycles. The highest BCUT2D eigenvalue weighted by Gasteiger charge is 2.14. The highest BCUT2D eigenvalue weighted by Crippen LogP contribution is 2.21. The molecule has 0 saturated heterocycles. The summed E-state index contributed by atoms with van der Waals surface area (Å²) in [5.41, 5.74) is 1.12. The first-order chi connectivity index (χ1) is 8.88. The molecule has 0 atom stereocenters. The molecule has 2 rings (SSSR count). The van der Waals surface area contributed by atoms with Crippen molar-refractivity contribution < 1.29 is 9.47 Å². The van der Waals surface area contributed by atoms with Crippen LogP contribution in [0.5, 0.6) is 5.75 Å². The zero-order valence-electron chi connectivity index (χ0n) is 10.9. The summed E-state index contributed by atoms with van der Waals surface area (Å²) in [6.07, 6.45) is 8.44. The average Bonchev–Trinajstić information content (AvgIpc) is 2.92. The first-order valence-corrected chi connectivity index (χ1v) is 6.85. The maximum Gasteiger partial charge on any atom is 0.119 e. The van der Waals surface area contributed by atoms with Gasteiger partial charge in [-0.15, -0.1) is 0 Å². The third kappa shape index (κ3) is 4.19. The Labute approximate surface area is 110 Å². The molecule has 0 unspecified atom stereocenters. The fourth-order valence-electron chi connectivity index (χ4n) is 2.25. The van der Waals surface area contributed by atoms with Gasteiger partial charge in [-0.1, -0.05) is 37.6 Å². The lowest BCUT2D eigenvalue weighted by Crippen LogP contribution is -2.10. The SMILES string of the molecule is C=Cc1ccc(OCCCOC2CCCC2)cc1. The Bertz CT molecular complexity index is 350. The molecule has 0 amide bonds. The highest BCUT2D eigenvalue weighted by molar-refractivity contribution is 5.48. The molecular formula is C16H22O2. The van der Waals surface area contributed by atoms with Crippen molar-refractivity contribution in [3.8, 4) is 5.75 Å². The Morgan fingerprint density at radius 3 is 2.50 bits per heavy atom. The van der Waals surface area contributed by atoms with Crippen molar-refractivity contribution >= 4 is 6.08 Å². The summed E-state index contributed by atoms with van der Waals surface area (Å²) in [6, 6.07) is 7.98. The van der Waals surface area contributed by atoms with E-state index in [1.807, 2.05) is 30.3 Å². The van der Waals surface area contributed by atoms with Crippen LogP contribution in [0.15, 0.2) is 30.8 Å². The Morgan fingerprint density at radius 1 is 1.11 bits per heavy atom. The maximum atomic E-state index is 5.78. The summed E-state index contributed by atoms with van der Waals surface area (Å²) in [5, 5.41) is 0. The predicted molar refractivity (Wildman–Crippen MR) is 74.9 cm³/mol. The van der Waals surface area contributed by atoms with Crippen molar-refractivity contribution in [2.45, 2.75) is 38.2 Å².